The van der Waals surface area contributed by atoms with E-state index >= 15 is 0 Å². The van der Waals surface area contributed by atoms with Crippen LogP contribution in [0.5, 0.6) is 0 Å². The molecule has 0 saturated heterocycles. The lowest BCUT2D eigenvalue weighted by atomic mass is 10.0. The first-order valence-electron chi connectivity index (χ1n) is 11.6. The number of benzene rings is 1. The van der Waals surface area contributed by atoms with Crippen molar-refractivity contribution in [3.05, 3.63) is 52.7 Å². The number of furan rings is 1. The summed E-state index contributed by atoms with van der Waals surface area (Å²) in [5, 5.41) is 12.1. The normalized spacial score (nSPS) is 14.4. The van der Waals surface area contributed by atoms with E-state index < -0.39 is 17.2 Å². The van der Waals surface area contributed by atoms with Crippen LogP contribution in [0, 0.1) is 6.92 Å². The highest BCUT2D eigenvalue weighted by Crippen LogP contribution is 2.44. The molecule has 3 aromatic rings. The van der Waals surface area contributed by atoms with Crippen LogP contribution in [0.1, 0.15) is 65.2 Å². The number of aliphatic carboxylic acids is 1. The van der Waals surface area contributed by atoms with Crippen LogP contribution in [0.25, 0.3) is 22.4 Å². The minimum absolute atomic E-state index is 0.00663. The van der Waals surface area contributed by atoms with Gasteiger partial charge in [-0.15, -0.1) is 0 Å². The maximum absolute atomic E-state index is 12.9. The first kappa shape index (κ1) is 25.0. The van der Waals surface area contributed by atoms with Crippen LogP contribution in [0.15, 0.2) is 34.7 Å². The van der Waals surface area contributed by atoms with Gasteiger partial charge < -0.3 is 19.4 Å². The van der Waals surface area contributed by atoms with E-state index in [0.717, 1.165) is 29.5 Å². The fraction of sp³-hybridized carbons (Fsp3) is 0.400. The maximum Gasteiger partial charge on any atom is 0.303 e. The van der Waals surface area contributed by atoms with Crippen LogP contribution in [-0.2, 0) is 22.6 Å². The molecule has 1 aliphatic rings. The lowest BCUT2D eigenvalue weighted by Gasteiger charge is -2.24. The number of fused-ring (bicyclic) bond motifs is 1. The number of nitrogens with zero attached hydrogens (tertiary/aromatic N) is 2. The van der Waals surface area contributed by atoms with E-state index in [4.69, 9.17) is 14.5 Å². The number of aryl methyl sites for hydroxylation is 1. The van der Waals surface area contributed by atoms with Gasteiger partial charge in [0, 0.05) is 36.8 Å². The Bertz CT molecular complexity index is 1270. The fourth-order valence-corrected chi connectivity index (χ4v) is 4.65. The van der Waals surface area contributed by atoms with Gasteiger partial charge in [0.15, 0.2) is 0 Å². The molecule has 9 nitrogen and oxygen atoms in total. The highest BCUT2D eigenvalue weighted by atomic mass is 32.2. The Balaban J connectivity index is 1.73. The van der Waals surface area contributed by atoms with E-state index in [0.29, 0.717) is 35.2 Å². The molecule has 1 atom stereocenters. The Morgan fingerprint density at radius 3 is 2.57 bits per heavy atom. The number of carboxylic acid groups (broad SMARTS) is 1. The summed E-state index contributed by atoms with van der Waals surface area (Å²) < 4.78 is 31.1. The van der Waals surface area contributed by atoms with Gasteiger partial charge >= 0.3 is 5.97 Å². The second kappa shape index (κ2) is 10.7. The summed E-state index contributed by atoms with van der Waals surface area (Å²) in [5.74, 6) is -0.511. The van der Waals surface area contributed by atoms with Crippen molar-refractivity contribution in [2.24, 2.45) is 0 Å². The van der Waals surface area contributed by atoms with Gasteiger partial charge in [-0.25, -0.2) is 9.29 Å². The molecule has 35 heavy (non-hydrogen) atoms. The number of carbonyl (C=O) groups excluding carboxylic acids is 1. The van der Waals surface area contributed by atoms with E-state index in [1.807, 2.05) is 37.3 Å². The molecule has 10 heteroatoms. The monoisotopic (exact) mass is 498 g/mol. The molecular formula is C25H28N3O6S-. The molecule has 1 amide bonds. The van der Waals surface area contributed by atoms with Gasteiger partial charge in [0.2, 0.25) is 5.71 Å². The second-order valence-corrected chi connectivity index (χ2v) is 9.78. The third-order valence-corrected chi connectivity index (χ3v) is 6.90. The molecule has 0 spiro atoms. The SMILES string of the molecule is CNC(=O)c1c(-c2ccc(C)cc2)oc2nc(CN(CCCCC(=O)O)S(=O)[O-])c(C3CC3)cc12. The van der Waals surface area contributed by atoms with Crippen molar-refractivity contribution in [2.45, 2.75) is 51.5 Å². The molecule has 1 saturated carbocycles. The summed E-state index contributed by atoms with van der Waals surface area (Å²) >= 11 is -2.49. The minimum Gasteiger partial charge on any atom is -0.760 e. The summed E-state index contributed by atoms with van der Waals surface area (Å²) in [6.45, 7) is 2.23. The zero-order valence-corrected chi connectivity index (χ0v) is 20.5. The molecule has 1 fully saturated rings. The summed E-state index contributed by atoms with van der Waals surface area (Å²) in [5.41, 5.74) is 4.03. The highest BCUT2D eigenvalue weighted by molar-refractivity contribution is 7.76. The van der Waals surface area contributed by atoms with Crippen LogP contribution < -0.4 is 5.32 Å². The first-order valence-corrected chi connectivity index (χ1v) is 12.6. The number of aromatic nitrogens is 1. The van der Waals surface area contributed by atoms with E-state index in [-0.39, 0.29) is 37.0 Å². The van der Waals surface area contributed by atoms with E-state index in [9.17, 15) is 18.4 Å². The Kier molecular flexibility index (Phi) is 7.63. The number of pyridine rings is 1. The maximum atomic E-state index is 12.9. The number of hydrogen-bond donors (Lipinski definition) is 2. The van der Waals surface area contributed by atoms with Crippen molar-refractivity contribution in [3.63, 3.8) is 0 Å². The number of rotatable bonds is 11. The number of carbonyl (C=O) groups is 2. The standard InChI is InChI=1S/C25H29N3O6S/c1-15-6-8-17(9-7-15)23-22(24(31)26-2)19-13-18(16-10-11-16)20(27-25(19)34-23)14-28(35(32)33)12-4-3-5-21(29)30/h6-9,13,16H,3-5,10-12,14H2,1-2H3,(H,26,31)(H,29,30)(H,32,33)/p-1. The van der Waals surface area contributed by atoms with Crippen molar-refractivity contribution in [3.8, 4) is 11.3 Å². The van der Waals surface area contributed by atoms with Gasteiger partial charge in [-0.05, 0) is 50.2 Å². The average molecular weight is 499 g/mol. The Hall–Kier alpha value is -3.08. The molecule has 2 N–H and O–H groups in total. The van der Waals surface area contributed by atoms with E-state index in [1.54, 1.807) is 7.05 Å². The largest absolute Gasteiger partial charge is 0.760 e. The molecule has 0 aliphatic heterocycles. The molecule has 186 valence electrons. The highest BCUT2D eigenvalue weighted by Gasteiger charge is 2.31. The molecule has 0 bridgehead atoms. The van der Waals surface area contributed by atoms with Gasteiger partial charge in [0.1, 0.15) is 5.76 Å². The molecule has 1 aliphatic carbocycles. The Morgan fingerprint density at radius 1 is 1.26 bits per heavy atom. The van der Waals surface area contributed by atoms with Crippen molar-refractivity contribution in [1.29, 1.82) is 0 Å². The average Bonchev–Trinajstić information content (AvgIpc) is 3.60. The fourth-order valence-electron chi connectivity index (χ4n) is 4.15. The number of carboxylic acids is 1. The van der Waals surface area contributed by atoms with Gasteiger partial charge in [0.05, 0.1) is 23.2 Å². The zero-order chi connectivity index (χ0) is 25.1. The summed E-state index contributed by atoms with van der Waals surface area (Å²) in [4.78, 5) is 28.3. The van der Waals surface area contributed by atoms with E-state index in [1.165, 1.54) is 4.31 Å². The number of nitrogens with one attached hydrogen (secondary N) is 1. The molecule has 1 unspecified atom stereocenters. The van der Waals surface area contributed by atoms with Crippen LogP contribution >= 0.6 is 0 Å². The van der Waals surface area contributed by atoms with Gasteiger partial charge in [-0.2, -0.15) is 0 Å². The van der Waals surface area contributed by atoms with Crippen LogP contribution in [0.3, 0.4) is 0 Å². The van der Waals surface area contributed by atoms with Gasteiger partial charge in [-0.3, -0.25) is 13.8 Å². The third-order valence-electron chi connectivity index (χ3n) is 6.17. The van der Waals surface area contributed by atoms with Crippen molar-refractivity contribution >= 4 is 34.2 Å². The lowest BCUT2D eigenvalue weighted by molar-refractivity contribution is -0.137. The number of hydrogen-bond acceptors (Lipinski definition) is 6. The molecule has 2 heterocycles. The second-order valence-electron chi connectivity index (χ2n) is 8.83. The van der Waals surface area contributed by atoms with Gasteiger partial charge in [-0.1, -0.05) is 29.8 Å². The summed E-state index contributed by atoms with van der Waals surface area (Å²) in [7, 11) is 1.56. The Morgan fingerprint density at radius 2 is 1.97 bits per heavy atom. The van der Waals surface area contributed by atoms with Crippen molar-refractivity contribution < 1.29 is 27.9 Å². The molecule has 1 aromatic carbocycles. The summed E-state index contributed by atoms with van der Waals surface area (Å²) in [6, 6.07) is 9.58. The van der Waals surface area contributed by atoms with Crippen molar-refractivity contribution in [2.75, 3.05) is 13.6 Å². The minimum atomic E-state index is -2.49. The summed E-state index contributed by atoms with van der Waals surface area (Å²) in [6.07, 6.45) is 2.75. The Labute approximate surface area is 205 Å². The van der Waals surface area contributed by atoms with Crippen LogP contribution in [0.2, 0.25) is 0 Å². The molecule has 0 radical (unpaired) electrons. The number of unbranched alkanes of at least 4 members (excludes halogenated alkanes) is 1. The first-order chi connectivity index (χ1) is 16.8. The number of amides is 1. The molecule has 4 rings (SSSR count). The molecule has 2 aromatic heterocycles. The smallest absolute Gasteiger partial charge is 0.303 e. The molecular weight excluding hydrogens is 470 g/mol. The van der Waals surface area contributed by atoms with Crippen molar-refractivity contribution in [1.82, 2.24) is 14.6 Å². The lowest BCUT2D eigenvalue weighted by Crippen LogP contribution is -2.27. The zero-order valence-electron chi connectivity index (χ0n) is 19.7. The topological polar surface area (TPSA) is 136 Å². The van der Waals surface area contributed by atoms with Gasteiger partial charge in [0.25, 0.3) is 5.91 Å². The quantitative estimate of drug-likeness (QED) is 0.302. The third kappa shape index (κ3) is 5.77. The van der Waals surface area contributed by atoms with E-state index in [2.05, 4.69) is 5.32 Å². The predicted molar refractivity (Wildman–Crippen MR) is 130 cm³/mol. The van der Waals surface area contributed by atoms with Crippen LogP contribution in [-0.4, -0.2) is 48.6 Å². The van der Waals surface area contributed by atoms with Crippen LogP contribution in [0.4, 0.5) is 0 Å². The predicted octanol–water partition coefficient (Wildman–Crippen LogP) is 3.89.